The molecule has 0 saturated heterocycles. The van der Waals surface area contributed by atoms with Crippen LogP contribution in [0.3, 0.4) is 0 Å². The number of hydrogen-bond donors (Lipinski definition) is 0. The van der Waals surface area contributed by atoms with Crippen molar-refractivity contribution in [2.75, 3.05) is 0 Å². The van der Waals surface area contributed by atoms with Crippen LogP contribution < -0.4 is 0 Å². The first kappa shape index (κ1) is 9.45. The van der Waals surface area contributed by atoms with Crippen molar-refractivity contribution in [3.8, 4) is 0 Å². The maximum atomic E-state index is 10.5. The summed E-state index contributed by atoms with van der Waals surface area (Å²) < 4.78 is 0. The second-order valence-electron chi connectivity index (χ2n) is 2.66. The van der Waals surface area contributed by atoms with Gasteiger partial charge in [0.05, 0.1) is 4.92 Å². The van der Waals surface area contributed by atoms with Gasteiger partial charge in [-0.1, -0.05) is 37.3 Å². The lowest BCUT2D eigenvalue weighted by Gasteiger charge is -1.94. The first-order chi connectivity index (χ1) is 6.24. The molecule has 68 valence electrons. The Morgan fingerprint density at radius 2 is 2.08 bits per heavy atom. The molecule has 0 N–H and O–H groups in total. The van der Waals surface area contributed by atoms with Gasteiger partial charge in [0.1, 0.15) is 0 Å². The van der Waals surface area contributed by atoms with E-state index in [1.807, 2.05) is 30.3 Å². The van der Waals surface area contributed by atoms with Crippen LogP contribution in [0.1, 0.15) is 18.9 Å². The third kappa shape index (κ3) is 2.71. The maximum Gasteiger partial charge on any atom is 0.246 e. The molecule has 0 aliphatic heterocycles. The van der Waals surface area contributed by atoms with Crippen molar-refractivity contribution in [3.05, 3.63) is 51.7 Å². The molecule has 0 radical (unpaired) electrons. The van der Waals surface area contributed by atoms with Crippen molar-refractivity contribution in [2.45, 2.75) is 13.3 Å². The summed E-state index contributed by atoms with van der Waals surface area (Å²) in [5.74, 6) is 0. The van der Waals surface area contributed by atoms with Gasteiger partial charge in [-0.25, -0.2) is 0 Å². The molecule has 0 saturated carbocycles. The molecule has 0 fully saturated rings. The van der Waals surface area contributed by atoms with Gasteiger partial charge in [-0.3, -0.25) is 10.1 Å². The molecule has 0 atom stereocenters. The van der Waals surface area contributed by atoms with Crippen molar-refractivity contribution in [3.63, 3.8) is 0 Å². The Kier molecular flexibility index (Phi) is 3.20. The first-order valence-electron chi connectivity index (χ1n) is 4.14. The molecule has 1 rings (SSSR count). The van der Waals surface area contributed by atoms with E-state index in [4.69, 9.17) is 0 Å². The largest absolute Gasteiger partial charge is 0.259 e. The van der Waals surface area contributed by atoms with Gasteiger partial charge in [0, 0.05) is 12.5 Å². The van der Waals surface area contributed by atoms with E-state index in [1.165, 1.54) is 0 Å². The second-order valence-corrected chi connectivity index (χ2v) is 2.66. The monoisotopic (exact) mass is 177 g/mol. The van der Waals surface area contributed by atoms with Crippen LogP contribution in [0.4, 0.5) is 0 Å². The lowest BCUT2D eigenvalue weighted by atomic mass is 10.2. The first-order valence-corrected chi connectivity index (χ1v) is 4.14. The van der Waals surface area contributed by atoms with Crippen LogP contribution in [-0.2, 0) is 0 Å². The smallest absolute Gasteiger partial charge is 0.246 e. The molecular formula is C10H11NO2. The predicted molar refractivity (Wildman–Crippen MR) is 51.7 cm³/mol. The van der Waals surface area contributed by atoms with Gasteiger partial charge in [-0.05, 0) is 5.56 Å². The lowest BCUT2D eigenvalue weighted by molar-refractivity contribution is -0.425. The van der Waals surface area contributed by atoms with Gasteiger partial charge >= 0.3 is 0 Å². The highest BCUT2D eigenvalue weighted by Crippen LogP contribution is 2.09. The fourth-order valence-electron chi connectivity index (χ4n) is 1.03. The summed E-state index contributed by atoms with van der Waals surface area (Å²) in [6.07, 6.45) is 2.04. The van der Waals surface area contributed by atoms with Crippen LogP contribution in [0.25, 0.3) is 6.08 Å². The van der Waals surface area contributed by atoms with Crippen LogP contribution in [0.2, 0.25) is 0 Å². The molecule has 0 bridgehead atoms. The number of hydrogen-bond acceptors (Lipinski definition) is 2. The number of nitrogens with zero attached hydrogens (tertiary/aromatic N) is 1. The number of allylic oxidation sites excluding steroid dienone is 1. The molecule has 3 heteroatoms. The van der Waals surface area contributed by atoms with E-state index in [0.717, 1.165) is 5.56 Å². The standard InChI is InChI=1S/C10H11NO2/c1-2-10(11(12)13)8-9-6-4-3-5-7-9/h3-8H,2H2,1H3. The van der Waals surface area contributed by atoms with E-state index in [2.05, 4.69) is 0 Å². The molecule has 0 unspecified atom stereocenters. The zero-order valence-corrected chi connectivity index (χ0v) is 7.43. The summed E-state index contributed by atoms with van der Waals surface area (Å²) in [6, 6.07) is 9.30. The normalized spacial score (nSPS) is 11.3. The summed E-state index contributed by atoms with van der Waals surface area (Å²) in [4.78, 5) is 10.1. The number of rotatable bonds is 3. The quantitative estimate of drug-likeness (QED) is 0.526. The van der Waals surface area contributed by atoms with E-state index in [9.17, 15) is 10.1 Å². The Bertz CT molecular complexity index is 317. The fourth-order valence-corrected chi connectivity index (χ4v) is 1.03. The highest BCUT2D eigenvalue weighted by Gasteiger charge is 2.05. The third-order valence-electron chi connectivity index (χ3n) is 1.73. The van der Waals surface area contributed by atoms with Gasteiger partial charge < -0.3 is 0 Å². The molecule has 0 spiro atoms. The van der Waals surface area contributed by atoms with E-state index in [0.29, 0.717) is 6.42 Å². The molecule has 13 heavy (non-hydrogen) atoms. The zero-order chi connectivity index (χ0) is 9.68. The zero-order valence-electron chi connectivity index (χ0n) is 7.43. The minimum absolute atomic E-state index is 0.242. The molecule has 1 aromatic carbocycles. The van der Waals surface area contributed by atoms with Gasteiger partial charge in [-0.15, -0.1) is 0 Å². The summed E-state index contributed by atoms with van der Waals surface area (Å²) >= 11 is 0. The van der Waals surface area contributed by atoms with Crippen LogP contribution in [0.15, 0.2) is 36.0 Å². The van der Waals surface area contributed by atoms with Crippen molar-refractivity contribution in [1.82, 2.24) is 0 Å². The number of benzene rings is 1. The van der Waals surface area contributed by atoms with Crippen LogP contribution in [0, 0.1) is 10.1 Å². The highest BCUT2D eigenvalue weighted by atomic mass is 16.6. The van der Waals surface area contributed by atoms with Gasteiger partial charge in [0.2, 0.25) is 5.70 Å². The lowest BCUT2D eigenvalue weighted by Crippen LogP contribution is -1.96. The second kappa shape index (κ2) is 4.40. The molecule has 0 aromatic heterocycles. The van der Waals surface area contributed by atoms with Crippen LogP contribution >= 0.6 is 0 Å². The molecule has 0 aliphatic rings. The Hall–Kier alpha value is -1.64. The molecule has 3 nitrogen and oxygen atoms in total. The van der Waals surface area contributed by atoms with E-state index in [1.54, 1.807) is 13.0 Å². The number of nitro groups is 1. The Morgan fingerprint density at radius 1 is 1.46 bits per heavy atom. The Morgan fingerprint density at radius 3 is 2.54 bits per heavy atom. The molecule has 0 amide bonds. The van der Waals surface area contributed by atoms with E-state index in [-0.39, 0.29) is 10.6 Å². The minimum atomic E-state index is -0.340. The SMILES string of the molecule is CCC(=Cc1ccccc1)[N+](=O)[O-]. The van der Waals surface area contributed by atoms with Gasteiger partial charge in [-0.2, -0.15) is 0 Å². The Labute approximate surface area is 76.9 Å². The van der Waals surface area contributed by atoms with Gasteiger partial charge in [0.25, 0.3) is 0 Å². The molecule has 0 aliphatic carbocycles. The summed E-state index contributed by atoms with van der Waals surface area (Å²) in [7, 11) is 0. The molecule has 0 heterocycles. The summed E-state index contributed by atoms with van der Waals surface area (Å²) in [5.41, 5.74) is 1.11. The van der Waals surface area contributed by atoms with Crippen molar-refractivity contribution in [2.24, 2.45) is 0 Å². The van der Waals surface area contributed by atoms with Crippen molar-refractivity contribution < 1.29 is 4.92 Å². The van der Waals surface area contributed by atoms with Crippen molar-refractivity contribution in [1.29, 1.82) is 0 Å². The maximum absolute atomic E-state index is 10.5. The summed E-state index contributed by atoms with van der Waals surface area (Å²) in [6.45, 7) is 1.78. The van der Waals surface area contributed by atoms with Crippen molar-refractivity contribution >= 4 is 6.08 Å². The average molecular weight is 177 g/mol. The minimum Gasteiger partial charge on any atom is -0.259 e. The summed E-state index contributed by atoms with van der Waals surface area (Å²) in [5, 5.41) is 10.5. The Balaban J connectivity index is 2.92. The average Bonchev–Trinajstić information content (AvgIpc) is 2.15. The molecule has 1 aromatic rings. The van der Waals surface area contributed by atoms with Crippen LogP contribution in [-0.4, -0.2) is 4.92 Å². The highest BCUT2D eigenvalue weighted by molar-refractivity contribution is 5.50. The predicted octanol–water partition coefficient (Wildman–Crippen LogP) is 2.71. The topological polar surface area (TPSA) is 43.1 Å². The third-order valence-corrected chi connectivity index (χ3v) is 1.73. The fraction of sp³-hybridized carbons (Fsp3) is 0.200. The van der Waals surface area contributed by atoms with Gasteiger partial charge in [0.15, 0.2) is 0 Å². The molecular weight excluding hydrogens is 166 g/mol. The van der Waals surface area contributed by atoms with E-state index >= 15 is 0 Å². The van der Waals surface area contributed by atoms with Crippen LogP contribution in [0.5, 0.6) is 0 Å². The van der Waals surface area contributed by atoms with E-state index < -0.39 is 0 Å².